The van der Waals surface area contributed by atoms with Gasteiger partial charge >= 0.3 is 5.97 Å². The lowest BCUT2D eigenvalue weighted by atomic mass is 9.68. The Hall–Kier alpha value is -3.58. The van der Waals surface area contributed by atoms with Gasteiger partial charge in [-0.2, -0.15) is 0 Å². The standard InChI is InChI=1S/C53H87FN8O12/c1-15-42-53(10,68)46(64)34(6)60(12)28-30(2)25-51(8,67)48(32(4)43(33(5)49(66)73-42)41-26-52(9,70-14)47(65)35(7)72-41)74-50-44(63)39(24-31(3)71-50)59(11)22-20-37-29-62(58-56-37)40(27-54)45(69-13)36-16-18-38(19-17-36)61-23-21-55-57-61/h16-19,21,23,29-35,39-48,50,63-65,67-68H,15,20,22,24-28H2,1-14H3/t30-,31-,32+,33-,34-,35+,39+,40-,41?,42-,43+,44-,45-,46-,47+,48-,50+,51-,52-,53-/m1/s1. The van der Waals surface area contributed by atoms with Crippen molar-refractivity contribution in [1.29, 1.82) is 0 Å². The van der Waals surface area contributed by atoms with E-state index in [-0.39, 0.29) is 25.2 Å². The van der Waals surface area contributed by atoms with Crippen molar-refractivity contribution in [3.05, 3.63) is 54.1 Å². The van der Waals surface area contributed by atoms with Gasteiger partial charge in [0.25, 0.3) is 0 Å². The zero-order chi connectivity index (χ0) is 54.6. The van der Waals surface area contributed by atoms with Gasteiger partial charge in [-0.15, -0.1) is 10.2 Å². The summed E-state index contributed by atoms with van der Waals surface area (Å²) in [6.07, 6.45) is -2.97. The van der Waals surface area contributed by atoms with E-state index in [9.17, 15) is 34.7 Å². The minimum Gasteiger partial charge on any atom is -0.459 e. The van der Waals surface area contributed by atoms with Crippen molar-refractivity contribution in [2.45, 2.75) is 197 Å². The molecule has 20 nitrogen and oxygen atoms in total. The Morgan fingerprint density at radius 3 is 2.27 bits per heavy atom. The highest BCUT2D eigenvalue weighted by atomic mass is 19.1. The summed E-state index contributed by atoms with van der Waals surface area (Å²) in [5, 5.41) is 76.8. The van der Waals surface area contributed by atoms with E-state index in [0.29, 0.717) is 31.6 Å². The lowest BCUT2D eigenvalue weighted by Crippen LogP contribution is -2.62. The summed E-state index contributed by atoms with van der Waals surface area (Å²) in [6.45, 7) is 17.9. The third-order valence-electron chi connectivity index (χ3n) is 16.8. The van der Waals surface area contributed by atoms with E-state index in [1.807, 2.05) is 68.9 Å². The van der Waals surface area contributed by atoms with Crippen LogP contribution in [0.5, 0.6) is 0 Å². The predicted molar refractivity (Wildman–Crippen MR) is 272 cm³/mol. The number of hydrogen-bond acceptors (Lipinski definition) is 18. The van der Waals surface area contributed by atoms with E-state index in [0.717, 1.165) is 11.3 Å². The zero-order valence-electron chi connectivity index (χ0n) is 46.1. The predicted octanol–water partition coefficient (Wildman–Crippen LogP) is 3.86. The number of carbonyl (C=O) groups excluding carboxylic acids is 1. The molecule has 74 heavy (non-hydrogen) atoms. The van der Waals surface area contributed by atoms with Crippen molar-refractivity contribution in [2.24, 2.45) is 23.7 Å². The van der Waals surface area contributed by atoms with Gasteiger partial charge in [0.05, 0.1) is 65.3 Å². The second-order valence-electron chi connectivity index (χ2n) is 22.5. The maximum absolute atomic E-state index is 14.9. The van der Waals surface area contributed by atoms with Crippen LogP contribution in [0, 0.1) is 23.7 Å². The Morgan fingerprint density at radius 2 is 1.66 bits per heavy atom. The molecule has 5 heterocycles. The highest BCUT2D eigenvalue weighted by Gasteiger charge is 2.55. The van der Waals surface area contributed by atoms with E-state index < -0.39 is 127 Å². The zero-order valence-corrected chi connectivity index (χ0v) is 46.1. The first-order valence-electron chi connectivity index (χ1n) is 26.4. The number of esters is 1. The second-order valence-corrected chi connectivity index (χ2v) is 22.5. The largest absolute Gasteiger partial charge is 0.459 e. The monoisotopic (exact) mass is 1050 g/mol. The van der Waals surface area contributed by atoms with Crippen molar-refractivity contribution in [3.8, 4) is 5.69 Å². The molecule has 0 aliphatic carbocycles. The number of hydrogen-bond donors (Lipinski definition) is 5. The fourth-order valence-electron chi connectivity index (χ4n) is 12.2. The van der Waals surface area contributed by atoms with Gasteiger partial charge in [-0.05, 0) is 104 Å². The molecule has 5 N–H and O–H groups in total. The van der Waals surface area contributed by atoms with Crippen LogP contribution in [0.15, 0.2) is 42.9 Å². The van der Waals surface area contributed by atoms with Crippen molar-refractivity contribution >= 4 is 5.97 Å². The molecule has 0 spiro atoms. The Kier molecular flexibility index (Phi) is 20.0. The number of aromatic nitrogens is 6. The lowest BCUT2D eigenvalue weighted by molar-refractivity contribution is -0.302. The van der Waals surface area contributed by atoms with Crippen LogP contribution in [-0.4, -0.2) is 203 Å². The molecule has 0 amide bonds. The second kappa shape index (κ2) is 24.8. The average molecular weight is 1050 g/mol. The number of aliphatic hydroxyl groups is 5. The number of ether oxygens (including phenoxy) is 6. The average Bonchev–Trinajstić information content (AvgIpc) is 4.08. The summed E-state index contributed by atoms with van der Waals surface area (Å²) < 4.78 is 56.0. The van der Waals surface area contributed by atoms with E-state index >= 15 is 0 Å². The van der Waals surface area contributed by atoms with Crippen molar-refractivity contribution in [1.82, 2.24) is 39.8 Å². The normalized spacial score (nSPS) is 39.3. The van der Waals surface area contributed by atoms with Gasteiger partial charge in [-0.1, -0.05) is 50.3 Å². The number of carbonyl (C=O) groups is 1. The van der Waals surface area contributed by atoms with Gasteiger partial charge in [0, 0.05) is 64.3 Å². The first kappa shape index (κ1) is 59.7. The summed E-state index contributed by atoms with van der Waals surface area (Å²) in [6, 6.07) is 5.57. The Balaban J connectivity index is 1.27. The molecule has 0 radical (unpaired) electrons. The first-order valence-corrected chi connectivity index (χ1v) is 26.4. The van der Waals surface area contributed by atoms with Crippen LogP contribution in [0.1, 0.15) is 118 Å². The molecule has 3 aliphatic heterocycles. The Labute approximate surface area is 436 Å². The van der Waals surface area contributed by atoms with Crippen LogP contribution >= 0.6 is 0 Å². The molecule has 418 valence electrons. The Morgan fingerprint density at radius 1 is 0.973 bits per heavy atom. The van der Waals surface area contributed by atoms with Gasteiger partial charge in [0.15, 0.2) is 6.29 Å². The number of rotatable bonds is 15. The number of halogens is 1. The molecule has 1 unspecified atom stereocenters. The molecular formula is C53H87FN8O12. The minimum absolute atomic E-state index is 0.171. The number of methoxy groups -OCH3 is 2. The summed E-state index contributed by atoms with van der Waals surface area (Å²) in [7, 11) is 6.79. The Bertz CT molecular complexity index is 2210. The van der Waals surface area contributed by atoms with Gasteiger partial charge in [-0.25, -0.2) is 13.8 Å². The molecule has 0 bridgehead atoms. The molecule has 3 fully saturated rings. The van der Waals surface area contributed by atoms with Crippen LogP contribution in [0.25, 0.3) is 5.69 Å². The molecule has 1 aromatic carbocycles. The summed E-state index contributed by atoms with van der Waals surface area (Å²) in [4.78, 5) is 18.6. The number of aliphatic hydroxyl groups excluding tert-OH is 3. The summed E-state index contributed by atoms with van der Waals surface area (Å²) in [5.41, 5.74) is -2.37. The van der Waals surface area contributed by atoms with Crippen LogP contribution in [0.2, 0.25) is 0 Å². The lowest BCUT2D eigenvalue weighted by Gasteiger charge is -2.51. The highest BCUT2D eigenvalue weighted by molar-refractivity contribution is 5.73. The number of alkyl halides is 1. The van der Waals surface area contributed by atoms with Gasteiger partial charge in [-0.3, -0.25) is 4.79 Å². The van der Waals surface area contributed by atoms with Crippen LogP contribution in [0.4, 0.5) is 4.39 Å². The minimum atomic E-state index is -1.83. The quantitative estimate of drug-likeness (QED) is 0.136. The highest BCUT2D eigenvalue weighted by Crippen LogP contribution is 2.45. The van der Waals surface area contributed by atoms with Gasteiger partial charge < -0.3 is 63.8 Å². The number of cyclic esters (lactones) is 1. The van der Waals surface area contributed by atoms with E-state index in [2.05, 4.69) is 20.6 Å². The van der Waals surface area contributed by atoms with Crippen molar-refractivity contribution < 1.29 is 63.1 Å². The molecule has 3 saturated heterocycles. The molecule has 21 heteroatoms. The molecule has 2 aromatic heterocycles. The number of likely N-dealkylation sites (N-methyl/N-ethyl adjacent to an activating group) is 2. The van der Waals surface area contributed by atoms with E-state index in [4.69, 9.17) is 28.4 Å². The smallest absolute Gasteiger partial charge is 0.309 e. The molecule has 6 rings (SSSR count). The molecule has 3 aliphatic rings. The van der Waals surface area contributed by atoms with Gasteiger partial charge in [0.2, 0.25) is 0 Å². The topological polar surface area (TPSA) is 241 Å². The molecule has 20 atom stereocenters. The van der Waals surface area contributed by atoms with Crippen molar-refractivity contribution in [2.75, 3.05) is 48.1 Å². The molecule has 3 aromatic rings. The van der Waals surface area contributed by atoms with Gasteiger partial charge in [0.1, 0.15) is 48.8 Å². The van der Waals surface area contributed by atoms with Crippen LogP contribution in [0.3, 0.4) is 0 Å². The molecular weight excluding hydrogens is 960 g/mol. The maximum atomic E-state index is 14.9. The van der Waals surface area contributed by atoms with E-state index in [1.165, 1.54) is 25.8 Å². The van der Waals surface area contributed by atoms with Crippen molar-refractivity contribution in [3.63, 3.8) is 0 Å². The SMILES string of the molecule is CC[C@H]1OC(=O)[C@H](C)[C@@H](C2C[C@@](C)(OC)[C@@H](O)[C@H](C)O2)[C@H](C)[C@@H](O[C@@H]2O[C@H](C)C[C@H](N(C)CCc3cn([C@H](CF)[C@H](OC)c4ccc(-n5ccnn5)cc4)nn3)[C@H]2O)[C@](C)(O)C[C@@H](C)CN(C)[C@H](C)[C@@H](O)[C@]1(C)O. The van der Waals surface area contributed by atoms with E-state index in [1.54, 1.807) is 64.8 Å². The fraction of sp³-hybridized carbons (Fsp3) is 0.792. The molecule has 0 saturated carbocycles. The summed E-state index contributed by atoms with van der Waals surface area (Å²) in [5.74, 6) is -3.26. The third-order valence-corrected chi connectivity index (χ3v) is 16.8. The van der Waals surface area contributed by atoms with Crippen LogP contribution in [-0.2, 0) is 39.6 Å². The maximum Gasteiger partial charge on any atom is 0.309 e. The van der Waals surface area contributed by atoms with Crippen LogP contribution < -0.4 is 0 Å². The first-order chi connectivity index (χ1) is 34.8. The fourth-order valence-corrected chi connectivity index (χ4v) is 12.2. The third kappa shape index (κ3) is 13.0. The summed E-state index contributed by atoms with van der Waals surface area (Å²) >= 11 is 0. The number of benzene rings is 1. The number of nitrogens with zero attached hydrogens (tertiary/aromatic N) is 8.